The molecule has 0 atom stereocenters. The van der Waals surface area contributed by atoms with Crippen LogP contribution >= 0.6 is 0 Å². The number of fused-ring (bicyclic) bond motifs is 1. The van der Waals surface area contributed by atoms with E-state index in [1.165, 1.54) is 24.5 Å². The van der Waals surface area contributed by atoms with Gasteiger partial charge in [0.05, 0.1) is 16.8 Å². The van der Waals surface area contributed by atoms with Gasteiger partial charge in [-0.3, -0.25) is 9.78 Å². The van der Waals surface area contributed by atoms with E-state index in [9.17, 15) is 18.0 Å². The Labute approximate surface area is 117 Å². The molecule has 0 unspecified atom stereocenters. The number of benzene rings is 1. The molecule has 2 aromatic heterocycles. The molecular weight excluding hydrogens is 281 g/mol. The number of aromatic nitrogens is 2. The first-order valence-corrected chi connectivity index (χ1v) is 6.10. The second kappa shape index (κ2) is 4.73. The fourth-order valence-corrected chi connectivity index (χ4v) is 2.34. The van der Waals surface area contributed by atoms with Gasteiger partial charge in [-0.1, -0.05) is 12.1 Å². The summed E-state index contributed by atoms with van der Waals surface area (Å²) in [5, 5.41) is 0.256. The molecule has 2 heterocycles. The molecular formula is C15H9F3N2O. The van der Waals surface area contributed by atoms with Crippen LogP contribution in [0, 0.1) is 0 Å². The third kappa shape index (κ3) is 2.18. The first kappa shape index (κ1) is 13.4. The van der Waals surface area contributed by atoms with Crippen LogP contribution in [0.25, 0.3) is 22.2 Å². The third-order valence-corrected chi connectivity index (χ3v) is 3.27. The Morgan fingerprint density at radius 3 is 2.43 bits per heavy atom. The van der Waals surface area contributed by atoms with Gasteiger partial charge >= 0.3 is 6.18 Å². The smallest absolute Gasteiger partial charge is 0.353 e. The second-order valence-electron chi connectivity index (χ2n) is 4.49. The van der Waals surface area contributed by atoms with E-state index in [4.69, 9.17) is 0 Å². The zero-order valence-corrected chi connectivity index (χ0v) is 10.6. The molecule has 1 aromatic carbocycles. The number of hydrogen-bond donors (Lipinski definition) is 1. The van der Waals surface area contributed by atoms with Crippen molar-refractivity contribution in [2.24, 2.45) is 0 Å². The number of carbonyl (C=O) groups excluding carboxylic acids is 1. The van der Waals surface area contributed by atoms with Crippen LogP contribution in [0.2, 0.25) is 0 Å². The standard InChI is InChI=1S/C15H9F3N2O/c16-15(17,18)12-3-1-2-10-11(8-21)13(20-14(10)12)9-4-6-19-7-5-9/h1-8,20H. The van der Waals surface area contributed by atoms with E-state index in [0.717, 1.165) is 6.07 Å². The van der Waals surface area contributed by atoms with E-state index >= 15 is 0 Å². The Kier molecular flexibility index (Phi) is 3.01. The van der Waals surface area contributed by atoms with Crippen molar-refractivity contribution in [3.05, 3.63) is 53.9 Å². The number of halogens is 3. The fraction of sp³-hybridized carbons (Fsp3) is 0.0667. The van der Waals surface area contributed by atoms with Gasteiger partial charge in [0.1, 0.15) is 0 Å². The van der Waals surface area contributed by atoms with Crippen molar-refractivity contribution >= 4 is 17.2 Å². The maximum Gasteiger partial charge on any atom is 0.418 e. The van der Waals surface area contributed by atoms with E-state index in [2.05, 4.69) is 9.97 Å². The molecule has 0 amide bonds. The van der Waals surface area contributed by atoms with E-state index in [1.54, 1.807) is 12.1 Å². The Morgan fingerprint density at radius 1 is 1.10 bits per heavy atom. The third-order valence-electron chi connectivity index (χ3n) is 3.27. The first-order valence-electron chi connectivity index (χ1n) is 6.10. The predicted molar refractivity (Wildman–Crippen MR) is 71.9 cm³/mol. The molecule has 0 saturated carbocycles. The Balaban J connectivity index is 2.36. The van der Waals surface area contributed by atoms with Crippen LogP contribution in [0.1, 0.15) is 15.9 Å². The van der Waals surface area contributed by atoms with Crippen LogP contribution in [0.3, 0.4) is 0 Å². The van der Waals surface area contributed by atoms with E-state index in [0.29, 0.717) is 17.5 Å². The zero-order valence-electron chi connectivity index (χ0n) is 10.6. The molecule has 106 valence electrons. The summed E-state index contributed by atoms with van der Waals surface area (Å²) in [6, 6.07) is 7.04. The van der Waals surface area contributed by atoms with Crippen molar-refractivity contribution in [1.82, 2.24) is 9.97 Å². The highest BCUT2D eigenvalue weighted by Gasteiger charge is 2.33. The number of carbonyl (C=O) groups is 1. The minimum atomic E-state index is -4.49. The molecule has 3 aromatic rings. The number of aldehydes is 1. The summed E-state index contributed by atoms with van der Waals surface area (Å²) in [5.74, 6) is 0. The van der Waals surface area contributed by atoms with Gasteiger partial charge in [-0.05, 0) is 18.2 Å². The molecule has 3 rings (SSSR count). The molecule has 21 heavy (non-hydrogen) atoms. The Morgan fingerprint density at radius 2 is 1.81 bits per heavy atom. The lowest BCUT2D eigenvalue weighted by atomic mass is 10.1. The molecule has 3 nitrogen and oxygen atoms in total. The van der Waals surface area contributed by atoms with Crippen molar-refractivity contribution in [3.63, 3.8) is 0 Å². The molecule has 0 spiro atoms. The summed E-state index contributed by atoms with van der Waals surface area (Å²) >= 11 is 0. The van der Waals surface area contributed by atoms with Gasteiger partial charge in [-0.2, -0.15) is 13.2 Å². The van der Waals surface area contributed by atoms with Gasteiger partial charge in [0.25, 0.3) is 0 Å². The van der Waals surface area contributed by atoms with Crippen molar-refractivity contribution in [1.29, 1.82) is 0 Å². The minimum absolute atomic E-state index is 0.0843. The lowest BCUT2D eigenvalue weighted by Gasteiger charge is -2.07. The number of alkyl halides is 3. The van der Waals surface area contributed by atoms with Crippen molar-refractivity contribution in [3.8, 4) is 11.3 Å². The van der Waals surface area contributed by atoms with Gasteiger partial charge < -0.3 is 4.98 Å². The van der Waals surface area contributed by atoms with Crippen LogP contribution in [0.15, 0.2) is 42.7 Å². The van der Waals surface area contributed by atoms with Crippen molar-refractivity contribution in [2.75, 3.05) is 0 Å². The van der Waals surface area contributed by atoms with E-state index < -0.39 is 11.7 Å². The average molecular weight is 290 g/mol. The van der Waals surface area contributed by atoms with Gasteiger partial charge in [0.2, 0.25) is 0 Å². The lowest BCUT2D eigenvalue weighted by Crippen LogP contribution is -2.05. The van der Waals surface area contributed by atoms with Crippen LogP contribution in [-0.4, -0.2) is 16.3 Å². The molecule has 6 heteroatoms. The normalized spacial score (nSPS) is 11.8. The number of H-pyrrole nitrogens is 1. The minimum Gasteiger partial charge on any atom is -0.353 e. The van der Waals surface area contributed by atoms with Gasteiger partial charge in [0, 0.05) is 28.9 Å². The van der Waals surface area contributed by atoms with Crippen LogP contribution in [0.5, 0.6) is 0 Å². The molecule has 0 aliphatic rings. The summed E-state index contributed by atoms with van der Waals surface area (Å²) in [6.45, 7) is 0. The molecule has 0 saturated heterocycles. The largest absolute Gasteiger partial charge is 0.418 e. The average Bonchev–Trinajstić information content (AvgIpc) is 2.85. The van der Waals surface area contributed by atoms with Crippen LogP contribution in [0.4, 0.5) is 13.2 Å². The zero-order chi connectivity index (χ0) is 15.0. The fourth-order valence-electron chi connectivity index (χ4n) is 2.34. The maximum atomic E-state index is 13.0. The first-order chi connectivity index (χ1) is 10.0. The number of hydrogen-bond acceptors (Lipinski definition) is 2. The summed E-state index contributed by atoms with van der Waals surface area (Å²) in [6.07, 6.45) is -0.894. The topological polar surface area (TPSA) is 45.8 Å². The van der Waals surface area contributed by atoms with Gasteiger partial charge in [0.15, 0.2) is 6.29 Å². The van der Waals surface area contributed by atoms with Crippen LogP contribution < -0.4 is 0 Å². The molecule has 1 N–H and O–H groups in total. The summed E-state index contributed by atoms with van der Waals surface area (Å²) < 4.78 is 39.1. The molecule has 0 aliphatic heterocycles. The molecule has 0 bridgehead atoms. The Bertz CT molecular complexity index is 807. The van der Waals surface area contributed by atoms with Crippen molar-refractivity contribution < 1.29 is 18.0 Å². The van der Waals surface area contributed by atoms with E-state index in [-0.39, 0.29) is 16.5 Å². The highest BCUT2D eigenvalue weighted by Crippen LogP contribution is 2.37. The number of para-hydroxylation sites is 1. The number of rotatable bonds is 2. The monoisotopic (exact) mass is 290 g/mol. The second-order valence-corrected chi connectivity index (χ2v) is 4.49. The number of aromatic amines is 1. The molecule has 0 aliphatic carbocycles. The summed E-state index contributed by atoms with van der Waals surface area (Å²) in [4.78, 5) is 17.9. The highest BCUT2D eigenvalue weighted by molar-refractivity contribution is 6.05. The number of pyridine rings is 1. The summed E-state index contributed by atoms with van der Waals surface area (Å²) in [5.41, 5.74) is 0.306. The Hall–Kier alpha value is -2.63. The quantitative estimate of drug-likeness (QED) is 0.723. The number of nitrogens with one attached hydrogen (secondary N) is 1. The summed E-state index contributed by atoms with van der Waals surface area (Å²) in [7, 11) is 0. The molecule has 0 radical (unpaired) electrons. The highest BCUT2D eigenvalue weighted by atomic mass is 19.4. The van der Waals surface area contributed by atoms with E-state index in [1.807, 2.05) is 0 Å². The molecule has 0 fully saturated rings. The maximum absolute atomic E-state index is 13.0. The van der Waals surface area contributed by atoms with Gasteiger partial charge in [-0.25, -0.2) is 0 Å². The lowest BCUT2D eigenvalue weighted by molar-refractivity contribution is -0.136. The SMILES string of the molecule is O=Cc1c(-c2ccncc2)[nH]c2c(C(F)(F)F)cccc12. The predicted octanol–water partition coefficient (Wildman–Crippen LogP) is 4.06. The number of nitrogens with zero attached hydrogens (tertiary/aromatic N) is 1. The van der Waals surface area contributed by atoms with Crippen molar-refractivity contribution in [2.45, 2.75) is 6.18 Å². The van der Waals surface area contributed by atoms with Crippen LogP contribution in [-0.2, 0) is 6.18 Å². The van der Waals surface area contributed by atoms with Gasteiger partial charge in [-0.15, -0.1) is 0 Å².